The number of nitrogens with zero attached hydrogens (tertiary/aromatic N) is 1. The van der Waals surface area contributed by atoms with Crippen LogP contribution in [0.4, 0.5) is 0 Å². The lowest BCUT2D eigenvalue weighted by molar-refractivity contribution is -0.139. The van der Waals surface area contributed by atoms with Gasteiger partial charge in [0.05, 0.1) is 24.1 Å². The number of pyridine rings is 1. The van der Waals surface area contributed by atoms with Crippen LogP contribution in [0.3, 0.4) is 0 Å². The summed E-state index contributed by atoms with van der Waals surface area (Å²) in [5.41, 5.74) is 1.75. The fraction of sp³-hybridized carbons (Fsp3) is 0.167. The summed E-state index contributed by atoms with van der Waals surface area (Å²) in [5.74, 6) is -0.255. The van der Waals surface area contributed by atoms with Crippen LogP contribution >= 0.6 is 11.6 Å². The summed E-state index contributed by atoms with van der Waals surface area (Å²) in [5, 5.41) is 1.51. The number of carbonyl (C=O) groups excluding carboxylic acids is 1. The molecule has 1 heterocycles. The molecular formula is C12H10ClNO2. The molecule has 4 heteroatoms. The summed E-state index contributed by atoms with van der Waals surface area (Å²) in [6, 6.07) is 7.44. The molecule has 0 fully saturated rings. The van der Waals surface area contributed by atoms with Crippen molar-refractivity contribution in [1.29, 1.82) is 0 Å². The van der Waals surface area contributed by atoms with E-state index in [-0.39, 0.29) is 12.4 Å². The molecule has 0 aliphatic carbocycles. The fourth-order valence-corrected chi connectivity index (χ4v) is 1.67. The third kappa shape index (κ3) is 2.31. The molecule has 0 N–H and O–H groups in total. The molecule has 0 bridgehead atoms. The minimum Gasteiger partial charge on any atom is -0.469 e. The van der Waals surface area contributed by atoms with Crippen molar-refractivity contribution in [2.24, 2.45) is 0 Å². The quantitative estimate of drug-likeness (QED) is 0.751. The van der Waals surface area contributed by atoms with Crippen LogP contribution in [0.5, 0.6) is 0 Å². The number of hydrogen-bond acceptors (Lipinski definition) is 3. The Bertz CT molecular complexity index is 540. The molecule has 0 radical (unpaired) electrons. The summed E-state index contributed by atoms with van der Waals surface area (Å²) >= 11 is 5.85. The Morgan fingerprint density at radius 1 is 1.44 bits per heavy atom. The molecule has 0 saturated heterocycles. The van der Waals surface area contributed by atoms with Crippen LogP contribution in [0, 0.1) is 0 Å². The van der Waals surface area contributed by atoms with Crippen LogP contribution in [0.2, 0.25) is 5.02 Å². The molecular weight excluding hydrogens is 226 g/mol. The van der Waals surface area contributed by atoms with Crippen LogP contribution in [0.1, 0.15) is 5.56 Å². The number of rotatable bonds is 2. The first kappa shape index (κ1) is 10.9. The van der Waals surface area contributed by atoms with Gasteiger partial charge in [0.2, 0.25) is 0 Å². The van der Waals surface area contributed by atoms with Crippen molar-refractivity contribution in [3.05, 3.63) is 41.0 Å². The van der Waals surface area contributed by atoms with Crippen molar-refractivity contribution >= 4 is 28.5 Å². The molecule has 1 aromatic carbocycles. The Hall–Kier alpha value is -1.61. The molecule has 1 aromatic heterocycles. The minimum atomic E-state index is -0.255. The van der Waals surface area contributed by atoms with E-state index in [1.165, 1.54) is 7.11 Å². The molecule has 2 rings (SSSR count). The highest BCUT2D eigenvalue weighted by Gasteiger charge is 2.04. The minimum absolute atomic E-state index is 0.255. The van der Waals surface area contributed by atoms with Crippen molar-refractivity contribution in [2.75, 3.05) is 7.11 Å². The topological polar surface area (TPSA) is 39.2 Å². The van der Waals surface area contributed by atoms with Crippen LogP contribution in [0.25, 0.3) is 10.9 Å². The second-order valence-corrected chi connectivity index (χ2v) is 3.87. The maximum Gasteiger partial charge on any atom is 0.309 e. The predicted molar refractivity (Wildman–Crippen MR) is 62.5 cm³/mol. The number of esters is 1. The van der Waals surface area contributed by atoms with E-state index in [1.807, 2.05) is 24.3 Å². The molecule has 2 aromatic rings. The summed E-state index contributed by atoms with van der Waals surface area (Å²) < 4.78 is 4.61. The number of halogens is 1. The highest BCUT2D eigenvalue weighted by Crippen LogP contribution is 2.18. The van der Waals surface area contributed by atoms with Gasteiger partial charge < -0.3 is 4.74 Å². The fourth-order valence-electron chi connectivity index (χ4n) is 1.50. The SMILES string of the molecule is COC(=O)Cc1ccc2ncc(Cl)cc2c1. The van der Waals surface area contributed by atoms with E-state index < -0.39 is 0 Å². The first-order valence-electron chi connectivity index (χ1n) is 4.80. The molecule has 0 spiro atoms. The van der Waals surface area contributed by atoms with Gasteiger partial charge in [0.25, 0.3) is 0 Å². The molecule has 82 valence electrons. The molecule has 3 nitrogen and oxygen atoms in total. The zero-order chi connectivity index (χ0) is 11.5. The number of benzene rings is 1. The second-order valence-electron chi connectivity index (χ2n) is 3.43. The summed E-state index contributed by atoms with van der Waals surface area (Å²) in [6.45, 7) is 0. The number of hydrogen-bond donors (Lipinski definition) is 0. The number of methoxy groups -OCH3 is 1. The Morgan fingerprint density at radius 2 is 2.25 bits per heavy atom. The Kier molecular flexibility index (Phi) is 3.06. The standard InChI is InChI=1S/C12H10ClNO2/c1-16-12(15)5-8-2-3-11-9(4-8)6-10(13)7-14-11/h2-4,6-7H,5H2,1H3. The normalized spacial score (nSPS) is 10.4. The average molecular weight is 236 g/mol. The number of aromatic nitrogens is 1. The highest BCUT2D eigenvalue weighted by atomic mass is 35.5. The number of fused-ring (bicyclic) bond motifs is 1. The van der Waals surface area contributed by atoms with Gasteiger partial charge in [-0.25, -0.2) is 0 Å². The molecule has 0 amide bonds. The van der Waals surface area contributed by atoms with E-state index in [0.717, 1.165) is 16.5 Å². The van der Waals surface area contributed by atoms with Gasteiger partial charge >= 0.3 is 5.97 Å². The largest absolute Gasteiger partial charge is 0.469 e. The van der Waals surface area contributed by atoms with Gasteiger partial charge in [-0.05, 0) is 23.8 Å². The molecule has 0 aliphatic rings. The van der Waals surface area contributed by atoms with Gasteiger partial charge in [0.15, 0.2) is 0 Å². The number of carbonyl (C=O) groups is 1. The predicted octanol–water partition coefficient (Wildman–Crippen LogP) is 2.60. The van der Waals surface area contributed by atoms with Gasteiger partial charge in [0, 0.05) is 11.6 Å². The molecule has 0 atom stereocenters. The van der Waals surface area contributed by atoms with Gasteiger partial charge in [-0.15, -0.1) is 0 Å². The molecule has 0 saturated carbocycles. The van der Waals surface area contributed by atoms with Crippen molar-refractivity contribution in [2.45, 2.75) is 6.42 Å². The second kappa shape index (κ2) is 4.49. The first-order chi connectivity index (χ1) is 7.69. The smallest absolute Gasteiger partial charge is 0.309 e. The van der Waals surface area contributed by atoms with E-state index in [4.69, 9.17) is 11.6 Å². The summed E-state index contributed by atoms with van der Waals surface area (Å²) in [4.78, 5) is 15.3. The van der Waals surface area contributed by atoms with E-state index in [1.54, 1.807) is 6.20 Å². The van der Waals surface area contributed by atoms with Gasteiger partial charge in [0.1, 0.15) is 0 Å². The lowest BCUT2D eigenvalue weighted by Crippen LogP contribution is -2.04. The first-order valence-corrected chi connectivity index (χ1v) is 5.18. The van der Waals surface area contributed by atoms with Crippen molar-refractivity contribution in [3.63, 3.8) is 0 Å². The van der Waals surface area contributed by atoms with Crippen molar-refractivity contribution in [1.82, 2.24) is 4.98 Å². The van der Waals surface area contributed by atoms with E-state index >= 15 is 0 Å². The number of ether oxygens (including phenoxy) is 1. The highest BCUT2D eigenvalue weighted by molar-refractivity contribution is 6.31. The Balaban J connectivity index is 2.39. The van der Waals surface area contributed by atoms with E-state index in [0.29, 0.717) is 5.02 Å². The van der Waals surface area contributed by atoms with Crippen LogP contribution in [-0.4, -0.2) is 18.1 Å². The third-order valence-electron chi connectivity index (χ3n) is 2.29. The van der Waals surface area contributed by atoms with Crippen LogP contribution in [-0.2, 0) is 16.0 Å². The van der Waals surface area contributed by atoms with Crippen molar-refractivity contribution < 1.29 is 9.53 Å². The lowest BCUT2D eigenvalue weighted by Gasteiger charge is -2.02. The van der Waals surface area contributed by atoms with Crippen molar-refractivity contribution in [3.8, 4) is 0 Å². The van der Waals surface area contributed by atoms with Crippen LogP contribution < -0.4 is 0 Å². The third-order valence-corrected chi connectivity index (χ3v) is 2.50. The van der Waals surface area contributed by atoms with E-state index in [9.17, 15) is 4.79 Å². The zero-order valence-corrected chi connectivity index (χ0v) is 9.49. The Labute approximate surface area is 98.0 Å². The molecule has 16 heavy (non-hydrogen) atoms. The van der Waals surface area contributed by atoms with E-state index in [2.05, 4.69) is 9.72 Å². The average Bonchev–Trinajstić information content (AvgIpc) is 2.28. The van der Waals surface area contributed by atoms with Gasteiger partial charge in [-0.2, -0.15) is 0 Å². The van der Waals surface area contributed by atoms with Gasteiger partial charge in [-0.1, -0.05) is 17.7 Å². The van der Waals surface area contributed by atoms with Crippen LogP contribution in [0.15, 0.2) is 30.5 Å². The maximum absolute atomic E-state index is 11.1. The Morgan fingerprint density at radius 3 is 3.00 bits per heavy atom. The maximum atomic E-state index is 11.1. The summed E-state index contributed by atoms with van der Waals surface area (Å²) in [6.07, 6.45) is 1.86. The molecule has 0 aliphatic heterocycles. The zero-order valence-electron chi connectivity index (χ0n) is 8.74. The molecule has 0 unspecified atom stereocenters. The lowest BCUT2D eigenvalue weighted by atomic mass is 10.1. The monoisotopic (exact) mass is 235 g/mol. The van der Waals surface area contributed by atoms with Gasteiger partial charge in [-0.3, -0.25) is 9.78 Å². The summed E-state index contributed by atoms with van der Waals surface area (Å²) in [7, 11) is 1.38.